The monoisotopic (exact) mass is 456 g/mol. The molecule has 4 nitrogen and oxygen atoms in total. The summed E-state index contributed by atoms with van der Waals surface area (Å²) in [5.74, 6) is 0. The molecule has 0 bridgehead atoms. The van der Waals surface area contributed by atoms with Crippen molar-refractivity contribution in [1.82, 2.24) is 0 Å². The van der Waals surface area contributed by atoms with Gasteiger partial charge in [-0.3, -0.25) is 4.18 Å². The van der Waals surface area contributed by atoms with E-state index in [9.17, 15) is 26.2 Å². The fraction of sp³-hybridized carbons (Fsp3) is 0.250. The topological polar surface area (TPSA) is 60.4 Å². The van der Waals surface area contributed by atoms with Crippen LogP contribution in [0.1, 0.15) is 11.1 Å². The lowest BCUT2D eigenvalue weighted by Crippen LogP contribution is -2.25. The zero-order valence-corrected chi connectivity index (χ0v) is 17.7. The van der Waals surface area contributed by atoms with Crippen molar-refractivity contribution in [3.63, 3.8) is 0 Å². The van der Waals surface area contributed by atoms with E-state index in [1.807, 2.05) is 60.7 Å². The third kappa shape index (κ3) is 7.29. The Morgan fingerprint density at radius 3 is 1.63 bits per heavy atom. The smallest absolute Gasteiger partial charge is 0.312 e. The summed E-state index contributed by atoms with van der Waals surface area (Å²) in [7, 11) is -6.19. The van der Waals surface area contributed by atoms with Crippen molar-refractivity contribution in [2.45, 2.75) is 17.8 Å². The average Bonchev–Trinajstić information content (AvgIpc) is 2.64. The van der Waals surface area contributed by atoms with E-state index in [-0.39, 0.29) is 16.5 Å². The van der Waals surface area contributed by atoms with E-state index >= 15 is 0 Å². The van der Waals surface area contributed by atoms with E-state index in [1.165, 1.54) is 0 Å². The van der Waals surface area contributed by atoms with Gasteiger partial charge in [-0.15, -0.1) is 0 Å². The molecule has 0 saturated heterocycles. The highest BCUT2D eigenvalue weighted by Gasteiger charge is 2.48. The average molecular weight is 456 g/mol. The lowest BCUT2D eigenvalue weighted by atomic mass is 10.2. The Balaban J connectivity index is 2.10. The summed E-state index contributed by atoms with van der Waals surface area (Å²) in [4.78, 5) is 0. The summed E-state index contributed by atoms with van der Waals surface area (Å²) < 4.78 is 77.2. The maximum atomic E-state index is 13.2. The summed E-state index contributed by atoms with van der Waals surface area (Å²) in [6.07, 6.45) is -0.129. The molecule has 0 amide bonds. The summed E-state index contributed by atoms with van der Waals surface area (Å²) >= 11 is 0. The Morgan fingerprint density at radius 2 is 1.26 bits per heavy atom. The van der Waals surface area contributed by atoms with Crippen LogP contribution >= 0.6 is 23.1 Å². The molecule has 0 heterocycles. The normalized spacial score (nSPS) is 15.5. The minimum atomic E-state index is -5.76. The van der Waals surface area contributed by atoms with Gasteiger partial charge in [-0.05, 0) is 40.0 Å². The first kappa shape index (κ1) is 22.5. The van der Waals surface area contributed by atoms with E-state index in [4.69, 9.17) is 0 Å². The number of alkyl halides is 3. The fourth-order valence-electron chi connectivity index (χ4n) is 1.99. The number of hydrogen-bond acceptors (Lipinski definition) is 4. The predicted molar refractivity (Wildman–Crippen MR) is 105 cm³/mol. The van der Waals surface area contributed by atoms with Crippen LogP contribution in [0.25, 0.3) is 0 Å². The molecule has 0 aromatic heterocycles. The highest BCUT2D eigenvalue weighted by atomic mass is 32.5. The molecule has 2 rings (SSSR count). The Kier molecular flexibility index (Phi) is 8.03. The first-order valence-corrected chi connectivity index (χ1v) is 15.1. The summed E-state index contributed by atoms with van der Waals surface area (Å²) in [6, 6.07) is 18.2. The summed E-state index contributed by atoms with van der Waals surface area (Å²) in [5, 5.41) is 0. The standard InChI is InChI=1S/C16H18F3O4P3S/c17-16(18,19)27(21,22)23-13-26(20,24-11-14-7-3-1-4-8-14)25-12-15-9-5-2-6-10-15/h1-10,24-25H,11-13H2. The molecule has 11 heteroatoms. The molecule has 2 unspecified atom stereocenters. The van der Waals surface area contributed by atoms with Crippen molar-refractivity contribution >= 4 is 33.2 Å². The third-order valence-corrected chi connectivity index (χ3v) is 14.9. The number of rotatable bonds is 9. The molecule has 0 spiro atoms. The molecule has 2 aromatic carbocycles. The Hall–Kier alpha value is -0.770. The molecule has 0 aliphatic rings. The third-order valence-electron chi connectivity index (χ3n) is 3.44. The van der Waals surface area contributed by atoms with E-state index in [2.05, 4.69) is 4.18 Å². The largest absolute Gasteiger partial charge is 0.523 e. The first-order chi connectivity index (χ1) is 12.6. The number of hydrogen-bond donors (Lipinski definition) is 0. The second kappa shape index (κ2) is 9.62. The van der Waals surface area contributed by atoms with Crippen LogP contribution < -0.4 is 0 Å². The molecular formula is C16H18F3O4P3S. The van der Waals surface area contributed by atoms with Gasteiger partial charge in [0.15, 0.2) is 0 Å². The minimum absolute atomic E-state index is 0.214. The van der Waals surface area contributed by atoms with Crippen LogP contribution in [0.15, 0.2) is 60.7 Å². The van der Waals surface area contributed by atoms with Gasteiger partial charge < -0.3 is 4.57 Å². The van der Waals surface area contributed by atoms with Crippen LogP contribution in [-0.2, 0) is 31.2 Å². The van der Waals surface area contributed by atoms with Crippen molar-refractivity contribution in [2.24, 2.45) is 0 Å². The second-order valence-corrected chi connectivity index (χ2v) is 17.8. The first-order valence-electron chi connectivity index (χ1n) is 7.74. The van der Waals surface area contributed by atoms with Crippen LogP contribution in [0.2, 0.25) is 0 Å². The molecule has 0 fully saturated rings. The summed E-state index contributed by atoms with van der Waals surface area (Å²) in [6.45, 7) is -3.26. The second-order valence-electron chi connectivity index (χ2n) is 5.53. The fourth-order valence-corrected chi connectivity index (χ4v) is 11.8. The maximum Gasteiger partial charge on any atom is 0.523 e. The van der Waals surface area contributed by atoms with Gasteiger partial charge in [-0.25, -0.2) is 0 Å². The lowest BCUT2D eigenvalue weighted by molar-refractivity contribution is -0.0530. The molecule has 148 valence electrons. The highest BCUT2D eigenvalue weighted by Crippen LogP contribution is 2.78. The molecule has 0 aliphatic carbocycles. The predicted octanol–water partition coefficient (Wildman–Crippen LogP) is 5.76. The molecule has 0 radical (unpaired) electrons. The van der Waals surface area contributed by atoms with Crippen molar-refractivity contribution in [2.75, 3.05) is 6.35 Å². The van der Waals surface area contributed by atoms with Crippen LogP contribution in [0, 0.1) is 0 Å². The van der Waals surface area contributed by atoms with Gasteiger partial charge in [0, 0.05) is 0 Å². The minimum Gasteiger partial charge on any atom is -0.312 e. The molecule has 2 atom stereocenters. The van der Waals surface area contributed by atoms with Gasteiger partial charge in [0.25, 0.3) is 0 Å². The zero-order chi connectivity index (χ0) is 20.0. The molecule has 0 saturated carbocycles. The van der Waals surface area contributed by atoms with E-state index in [0.29, 0.717) is 12.3 Å². The number of halogens is 3. The van der Waals surface area contributed by atoms with Crippen LogP contribution in [0.5, 0.6) is 0 Å². The van der Waals surface area contributed by atoms with Gasteiger partial charge in [0.2, 0.25) is 0 Å². The maximum absolute atomic E-state index is 13.2. The lowest BCUT2D eigenvalue weighted by Gasteiger charge is -2.19. The molecule has 0 N–H and O–H groups in total. The van der Waals surface area contributed by atoms with Crippen LogP contribution in [0.4, 0.5) is 13.2 Å². The van der Waals surface area contributed by atoms with Crippen molar-refractivity contribution < 1.29 is 30.3 Å². The SMILES string of the molecule is O=P(COS(=O)(=O)C(F)(F)F)(PCc1ccccc1)PCc1ccccc1. The molecule has 0 aliphatic heterocycles. The van der Waals surface area contributed by atoms with E-state index < -0.39 is 28.5 Å². The van der Waals surface area contributed by atoms with E-state index in [1.54, 1.807) is 0 Å². The van der Waals surface area contributed by atoms with Gasteiger partial charge in [0.05, 0.1) is 0 Å². The Bertz CT molecular complexity index is 827. The molecule has 2 aromatic rings. The summed E-state index contributed by atoms with van der Waals surface area (Å²) in [5.41, 5.74) is -3.75. The van der Waals surface area contributed by atoms with Gasteiger partial charge in [-0.2, -0.15) is 21.6 Å². The van der Waals surface area contributed by atoms with Crippen molar-refractivity contribution in [1.29, 1.82) is 0 Å². The molecular weight excluding hydrogens is 438 g/mol. The Morgan fingerprint density at radius 1 is 0.852 bits per heavy atom. The van der Waals surface area contributed by atoms with Gasteiger partial charge in [0.1, 0.15) is 12.9 Å². The quantitative estimate of drug-likeness (QED) is 0.274. The molecule has 27 heavy (non-hydrogen) atoms. The van der Waals surface area contributed by atoms with Crippen molar-refractivity contribution in [3.05, 3.63) is 71.8 Å². The highest BCUT2D eigenvalue weighted by molar-refractivity contribution is 8.54. The van der Waals surface area contributed by atoms with Crippen LogP contribution in [-0.4, -0.2) is 20.3 Å². The van der Waals surface area contributed by atoms with Gasteiger partial charge >= 0.3 is 15.6 Å². The zero-order valence-electron chi connectivity index (χ0n) is 14.0. The number of benzene rings is 2. The van der Waals surface area contributed by atoms with Crippen LogP contribution in [0.3, 0.4) is 0 Å². The van der Waals surface area contributed by atoms with Crippen molar-refractivity contribution in [3.8, 4) is 0 Å². The van der Waals surface area contributed by atoms with Gasteiger partial charge in [-0.1, -0.05) is 60.7 Å². The van der Waals surface area contributed by atoms with E-state index in [0.717, 1.165) is 11.1 Å². The Labute approximate surface area is 159 Å².